The molecule has 2 aromatic carbocycles. The number of thioether (sulfide) groups is 1. The molecule has 0 atom stereocenters. The Kier molecular flexibility index (Phi) is 9.21. The van der Waals surface area contributed by atoms with E-state index in [1.165, 1.54) is 4.90 Å². The fraction of sp³-hybridized carbons (Fsp3) is 0.333. The van der Waals surface area contributed by atoms with E-state index in [2.05, 4.69) is 27.8 Å². The zero-order valence-corrected chi connectivity index (χ0v) is 17.5. The highest BCUT2D eigenvalue weighted by molar-refractivity contribution is 7.99. The van der Waals surface area contributed by atoms with Crippen molar-refractivity contribution in [1.82, 2.24) is 15.5 Å². The molecule has 0 spiro atoms. The zero-order chi connectivity index (χ0) is 20.2. The van der Waals surface area contributed by atoms with Crippen LogP contribution in [0.1, 0.15) is 5.56 Å². The Balaban J connectivity index is 1.89. The molecule has 0 aliphatic rings. The standard InChI is InChI=1S/C21H28N4O2S/c1-25(2)20(26)16-24-21(22-13-14-28-19-7-5-4-6-8-19)23-15-17-9-11-18(27-3)12-10-17/h4-12H,13-16H2,1-3H3,(H2,22,23,24). The summed E-state index contributed by atoms with van der Waals surface area (Å²) in [6, 6.07) is 18.1. The van der Waals surface area contributed by atoms with Gasteiger partial charge in [-0.05, 0) is 29.8 Å². The van der Waals surface area contributed by atoms with E-state index in [0.29, 0.717) is 12.5 Å². The minimum atomic E-state index is -0.00221. The number of hydrogen-bond donors (Lipinski definition) is 2. The highest BCUT2D eigenvalue weighted by atomic mass is 32.2. The summed E-state index contributed by atoms with van der Waals surface area (Å²) in [5.74, 6) is 2.34. The van der Waals surface area contributed by atoms with E-state index >= 15 is 0 Å². The topological polar surface area (TPSA) is 66.0 Å². The molecule has 0 aliphatic carbocycles. The summed E-state index contributed by atoms with van der Waals surface area (Å²) in [7, 11) is 5.12. The molecular weight excluding hydrogens is 372 g/mol. The van der Waals surface area contributed by atoms with Crippen molar-refractivity contribution in [2.75, 3.05) is 40.0 Å². The monoisotopic (exact) mass is 400 g/mol. The van der Waals surface area contributed by atoms with Crippen LogP contribution in [0.15, 0.2) is 64.5 Å². The molecule has 0 unspecified atom stereocenters. The number of carbonyl (C=O) groups is 1. The molecule has 0 heterocycles. The van der Waals surface area contributed by atoms with Crippen LogP contribution >= 0.6 is 11.8 Å². The summed E-state index contributed by atoms with van der Waals surface area (Å²) in [6.07, 6.45) is 0. The van der Waals surface area contributed by atoms with Gasteiger partial charge in [-0.25, -0.2) is 4.99 Å². The quantitative estimate of drug-likeness (QED) is 0.293. The van der Waals surface area contributed by atoms with Crippen molar-refractivity contribution < 1.29 is 9.53 Å². The second kappa shape index (κ2) is 11.9. The van der Waals surface area contributed by atoms with Crippen molar-refractivity contribution in [1.29, 1.82) is 0 Å². The maximum Gasteiger partial charge on any atom is 0.241 e. The van der Waals surface area contributed by atoms with Crippen molar-refractivity contribution in [3.05, 3.63) is 60.2 Å². The van der Waals surface area contributed by atoms with Gasteiger partial charge in [0.1, 0.15) is 5.75 Å². The molecular formula is C21H28N4O2S. The summed E-state index contributed by atoms with van der Waals surface area (Å²) < 4.78 is 5.18. The molecule has 7 heteroatoms. The summed E-state index contributed by atoms with van der Waals surface area (Å²) in [5, 5.41) is 6.41. The van der Waals surface area contributed by atoms with Crippen LogP contribution in [0, 0.1) is 0 Å². The minimum absolute atomic E-state index is 0.00221. The first kappa shape index (κ1) is 21.6. The van der Waals surface area contributed by atoms with E-state index in [1.807, 2.05) is 42.5 Å². The SMILES string of the molecule is COc1ccc(CN=C(NCCSc2ccccc2)NCC(=O)N(C)C)cc1. The Morgan fingerprint density at radius 2 is 1.79 bits per heavy atom. The van der Waals surface area contributed by atoms with Gasteiger partial charge in [0, 0.05) is 31.3 Å². The molecule has 0 bridgehead atoms. The van der Waals surface area contributed by atoms with Crippen LogP contribution in [0.3, 0.4) is 0 Å². The van der Waals surface area contributed by atoms with Gasteiger partial charge in [-0.1, -0.05) is 30.3 Å². The maximum atomic E-state index is 11.9. The molecule has 2 rings (SSSR count). The summed E-state index contributed by atoms with van der Waals surface area (Å²) >= 11 is 1.78. The second-order valence-corrected chi connectivity index (χ2v) is 7.41. The Bertz CT molecular complexity index is 749. The molecule has 0 radical (unpaired) electrons. The Hall–Kier alpha value is -2.67. The molecule has 150 valence electrons. The number of rotatable bonds is 9. The summed E-state index contributed by atoms with van der Waals surface area (Å²) in [5.41, 5.74) is 1.07. The van der Waals surface area contributed by atoms with Crippen LogP contribution < -0.4 is 15.4 Å². The number of likely N-dealkylation sites (N-methyl/N-ethyl adjacent to an activating group) is 1. The fourth-order valence-corrected chi connectivity index (χ4v) is 3.04. The number of nitrogens with one attached hydrogen (secondary N) is 2. The van der Waals surface area contributed by atoms with Crippen LogP contribution in [0.5, 0.6) is 5.75 Å². The first-order valence-corrected chi connectivity index (χ1v) is 10.1. The Morgan fingerprint density at radius 1 is 1.07 bits per heavy atom. The third-order valence-electron chi connectivity index (χ3n) is 3.89. The number of aliphatic imine (C=N–C) groups is 1. The van der Waals surface area contributed by atoms with Gasteiger partial charge in [0.2, 0.25) is 5.91 Å². The van der Waals surface area contributed by atoms with Crippen molar-refractivity contribution in [2.24, 2.45) is 4.99 Å². The molecule has 1 amide bonds. The first-order valence-electron chi connectivity index (χ1n) is 9.11. The Morgan fingerprint density at radius 3 is 2.43 bits per heavy atom. The lowest BCUT2D eigenvalue weighted by molar-refractivity contribution is -0.127. The molecule has 0 aliphatic heterocycles. The molecule has 28 heavy (non-hydrogen) atoms. The lowest BCUT2D eigenvalue weighted by atomic mass is 10.2. The minimum Gasteiger partial charge on any atom is -0.497 e. The maximum absolute atomic E-state index is 11.9. The fourth-order valence-electron chi connectivity index (χ4n) is 2.25. The smallest absolute Gasteiger partial charge is 0.241 e. The van der Waals surface area contributed by atoms with Gasteiger partial charge < -0.3 is 20.3 Å². The zero-order valence-electron chi connectivity index (χ0n) is 16.6. The molecule has 6 nitrogen and oxygen atoms in total. The number of guanidine groups is 1. The average Bonchev–Trinajstić information content (AvgIpc) is 2.73. The predicted molar refractivity (Wildman–Crippen MR) is 116 cm³/mol. The number of hydrogen-bond acceptors (Lipinski definition) is 4. The van der Waals surface area contributed by atoms with Gasteiger partial charge in [-0.3, -0.25) is 4.79 Å². The van der Waals surface area contributed by atoms with Crippen LogP contribution in [0.25, 0.3) is 0 Å². The lowest BCUT2D eigenvalue weighted by Gasteiger charge is -2.15. The Labute approximate surface area is 171 Å². The number of carbonyl (C=O) groups excluding carboxylic acids is 1. The van der Waals surface area contributed by atoms with Crippen LogP contribution in [-0.4, -0.2) is 56.8 Å². The van der Waals surface area contributed by atoms with Crippen LogP contribution in [-0.2, 0) is 11.3 Å². The summed E-state index contributed by atoms with van der Waals surface area (Å²) in [4.78, 5) is 19.3. The van der Waals surface area contributed by atoms with Gasteiger partial charge in [0.05, 0.1) is 20.2 Å². The average molecular weight is 401 g/mol. The number of nitrogens with zero attached hydrogens (tertiary/aromatic N) is 2. The van der Waals surface area contributed by atoms with Crippen molar-refractivity contribution in [2.45, 2.75) is 11.4 Å². The first-order chi connectivity index (χ1) is 13.6. The van der Waals surface area contributed by atoms with Crippen LogP contribution in [0.4, 0.5) is 0 Å². The van der Waals surface area contributed by atoms with Gasteiger partial charge in [-0.15, -0.1) is 11.8 Å². The van der Waals surface area contributed by atoms with E-state index in [1.54, 1.807) is 37.9 Å². The van der Waals surface area contributed by atoms with Crippen LogP contribution in [0.2, 0.25) is 0 Å². The third-order valence-corrected chi connectivity index (χ3v) is 4.90. The normalized spacial score (nSPS) is 11.0. The lowest BCUT2D eigenvalue weighted by Crippen LogP contribution is -2.43. The highest BCUT2D eigenvalue weighted by Gasteiger charge is 2.06. The van der Waals surface area contributed by atoms with E-state index in [0.717, 1.165) is 23.6 Å². The van der Waals surface area contributed by atoms with Gasteiger partial charge >= 0.3 is 0 Å². The van der Waals surface area contributed by atoms with Crippen molar-refractivity contribution in [3.8, 4) is 5.75 Å². The molecule has 0 fully saturated rings. The molecule has 0 saturated heterocycles. The van der Waals surface area contributed by atoms with E-state index < -0.39 is 0 Å². The van der Waals surface area contributed by atoms with E-state index in [9.17, 15) is 4.79 Å². The molecule has 0 saturated carbocycles. The van der Waals surface area contributed by atoms with Crippen molar-refractivity contribution in [3.63, 3.8) is 0 Å². The van der Waals surface area contributed by atoms with Gasteiger partial charge in [-0.2, -0.15) is 0 Å². The van der Waals surface area contributed by atoms with E-state index in [4.69, 9.17) is 4.74 Å². The number of ether oxygens (including phenoxy) is 1. The van der Waals surface area contributed by atoms with Crippen molar-refractivity contribution >= 4 is 23.6 Å². The molecule has 2 N–H and O–H groups in total. The van der Waals surface area contributed by atoms with Gasteiger partial charge in [0.25, 0.3) is 0 Å². The number of methoxy groups -OCH3 is 1. The highest BCUT2D eigenvalue weighted by Crippen LogP contribution is 2.15. The number of benzene rings is 2. The predicted octanol–water partition coefficient (Wildman–Crippen LogP) is 2.61. The largest absolute Gasteiger partial charge is 0.497 e. The molecule has 2 aromatic rings. The van der Waals surface area contributed by atoms with Gasteiger partial charge in [0.15, 0.2) is 5.96 Å². The van der Waals surface area contributed by atoms with E-state index in [-0.39, 0.29) is 12.5 Å². The second-order valence-electron chi connectivity index (χ2n) is 6.24. The molecule has 0 aromatic heterocycles. The number of amides is 1. The third kappa shape index (κ3) is 7.92. The summed E-state index contributed by atoms with van der Waals surface area (Å²) in [6.45, 7) is 1.46.